The molecule has 7 nitrogen and oxygen atoms in total. The molecule has 0 fully saturated rings. The number of nitrogens with two attached hydrogens (primary N) is 1. The normalized spacial score (nSPS) is 11.4. The van der Waals surface area contributed by atoms with E-state index in [2.05, 4.69) is 14.8 Å². The number of esters is 2. The molecule has 0 heterocycles. The van der Waals surface area contributed by atoms with Crippen LogP contribution in [0.2, 0.25) is 5.02 Å². The van der Waals surface area contributed by atoms with Crippen LogP contribution in [-0.2, 0) is 19.1 Å². The van der Waals surface area contributed by atoms with Crippen LogP contribution in [0.25, 0.3) is 0 Å². The molecule has 1 atom stereocenters. The fourth-order valence-corrected chi connectivity index (χ4v) is 1.62. The van der Waals surface area contributed by atoms with Crippen molar-refractivity contribution in [2.45, 2.75) is 13.0 Å². The third-order valence-corrected chi connectivity index (χ3v) is 2.79. The van der Waals surface area contributed by atoms with E-state index in [1.165, 1.54) is 25.3 Å². The van der Waals surface area contributed by atoms with Crippen molar-refractivity contribution in [2.75, 3.05) is 19.0 Å². The number of nitrogens with one attached hydrogen (secondary N) is 1. The molecule has 0 aliphatic heterocycles. The number of hydrogen-bond donors (Lipinski definition) is 2. The number of amides is 1. The van der Waals surface area contributed by atoms with Crippen molar-refractivity contribution >= 4 is 35.1 Å². The van der Waals surface area contributed by atoms with Gasteiger partial charge in [-0.2, -0.15) is 0 Å². The summed E-state index contributed by atoms with van der Waals surface area (Å²) in [5.41, 5.74) is 5.78. The summed E-state index contributed by atoms with van der Waals surface area (Å²) in [6.07, 6.45) is 0. The lowest BCUT2D eigenvalue weighted by atomic mass is 10.2. The molecule has 1 aromatic carbocycles. The Kier molecular flexibility index (Phi) is 6.13. The van der Waals surface area contributed by atoms with Crippen LogP contribution in [0.1, 0.15) is 17.3 Å². The number of hydrogen-bond acceptors (Lipinski definition) is 6. The zero-order valence-corrected chi connectivity index (χ0v) is 12.3. The van der Waals surface area contributed by atoms with Gasteiger partial charge in [0.15, 0.2) is 6.04 Å². The highest BCUT2D eigenvalue weighted by molar-refractivity contribution is 6.33. The van der Waals surface area contributed by atoms with Gasteiger partial charge in [0.25, 0.3) is 5.91 Å². The van der Waals surface area contributed by atoms with E-state index in [0.29, 0.717) is 0 Å². The summed E-state index contributed by atoms with van der Waals surface area (Å²) < 4.78 is 9.20. The summed E-state index contributed by atoms with van der Waals surface area (Å²) >= 11 is 5.85. The van der Waals surface area contributed by atoms with E-state index in [9.17, 15) is 14.4 Å². The highest BCUT2D eigenvalue weighted by Crippen LogP contribution is 2.21. The van der Waals surface area contributed by atoms with Gasteiger partial charge in [0.05, 0.1) is 24.3 Å². The largest absolute Gasteiger partial charge is 0.465 e. The molecule has 0 saturated heterocycles. The molecule has 0 aliphatic carbocycles. The Labute approximate surface area is 126 Å². The Morgan fingerprint density at radius 2 is 2.05 bits per heavy atom. The molecule has 1 rings (SSSR count). The highest BCUT2D eigenvalue weighted by atomic mass is 35.5. The Balaban J connectivity index is 2.86. The third-order valence-electron chi connectivity index (χ3n) is 2.46. The van der Waals surface area contributed by atoms with Crippen molar-refractivity contribution in [1.82, 2.24) is 0 Å². The maximum atomic E-state index is 11.8. The molecule has 0 aliphatic rings. The molecule has 0 saturated carbocycles. The predicted molar refractivity (Wildman–Crippen MR) is 76.0 cm³/mol. The molecular weight excluding hydrogens is 300 g/mol. The molecule has 0 bridgehead atoms. The number of anilines is 1. The van der Waals surface area contributed by atoms with Gasteiger partial charge in [-0.25, -0.2) is 9.59 Å². The summed E-state index contributed by atoms with van der Waals surface area (Å²) in [5.74, 6) is -2.24. The Morgan fingerprint density at radius 3 is 2.62 bits per heavy atom. The van der Waals surface area contributed by atoms with Crippen molar-refractivity contribution in [3.05, 3.63) is 28.8 Å². The molecule has 3 N–H and O–H groups in total. The Morgan fingerprint density at radius 1 is 1.38 bits per heavy atom. The zero-order chi connectivity index (χ0) is 16.0. The van der Waals surface area contributed by atoms with E-state index in [1.807, 2.05) is 0 Å². The molecule has 0 radical (unpaired) electrons. The fourth-order valence-electron chi connectivity index (χ4n) is 1.43. The minimum Gasteiger partial charge on any atom is -0.465 e. The van der Waals surface area contributed by atoms with Gasteiger partial charge in [-0.05, 0) is 25.1 Å². The maximum absolute atomic E-state index is 11.8. The monoisotopic (exact) mass is 314 g/mol. The first-order chi connectivity index (χ1) is 9.90. The molecule has 1 aromatic rings. The average Bonchev–Trinajstić information content (AvgIpc) is 2.47. The Bertz CT molecular complexity index is 561. The van der Waals surface area contributed by atoms with E-state index in [1.54, 1.807) is 6.92 Å². The zero-order valence-electron chi connectivity index (χ0n) is 11.5. The molecule has 21 heavy (non-hydrogen) atoms. The van der Waals surface area contributed by atoms with E-state index >= 15 is 0 Å². The SMILES string of the molecule is CCOC(=O)C(N)C(=O)Nc1ccc(Cl)c(C(=O)OC)c1. The summed E-state index contributed by atoms with van der Waals surface area (Å²) in [7, 11) is 1.21. The van der Waals surface area contributed by atoms with Gasteiger partial charge in [0, 0.05) is 5.69 Å². The fraction of sp³-hybridized carbons (Fsp3) is 0.308. The number of carbonyl (C=O) groups excluding carboxylic acids is 3. The number of carbonyl (C=O) groups is 3. The van der Waals surface area contributed by atoms with Crippen molar-refractivity contribution in [3.63, 3.8) is 0 Å². The second-order valence-corrected chi connectivity index (χ2v) is 4.31. The highest BCUT2D eigenvalue weighted by Gasteiger charge is 2.23. The number of methoxy groups -OCH3 is 1. The van der Waals surface area contributed by atoms with Gasteiger partial charge in [0.2, 0.25) is 0 Å². The number of rotatable bonds is 5. The molecule has 8 heteroatoms. The van der Waals surface area contributed by atoms with Crippen LogP contribution >= 0.6 is 11.6 Å². The lowest BCUT2D eigenvalue weighted by molar-refractivity contribution is -0.146. The second kappa shape index (κ2) is 7.61. The summed E-state index contributed by atoms with van der Waals surface area (Å²) in [6, 6.07) is 2.75. The van der Waals surface area contributed by atoms with Crippen molar-refractivity contribution in [1.29, 1.82) is 0 Å². The smallest absolute Gasteiger partial charge is 0.339 e. The molecule has 1 unspecified atom stereocenters. The van der Waals surface area contributed by atoms with Crippen LogP contribution < -0.4 is 11.1 Å². The molecule has 0 aromatic heterocycles. The van der Waals surface area contributed by atoms with E-state index in [-0.39, 0.29) is 22.9 Å². The Hall–Kier alpha value is -2.12. The second-order valence-electron chi connectivity index (χ2n) is 3.91. The molecule has 0 spiro atoms. The van der Waals surface area contributed by atoms with Crippen molar-refractivity contribution in [2.24, 2.45) is 5.73 Å². The first-order valence-corrected chi connectivity index (χ1v) is 6.39. The van der Waals surface area contributed by atoms with Gasteiger partial charge in [0.1, 0.15) is 0 Å². The van der Waals surface area contributed by atoms with Crippen molar-refractivity contribution < 1.29 is 23.9 Å². The van der Waals surface area contributed by atoms with Gasteiger partial charge in [-0.1, -0.05) is 11.6 Å². The van der Waals surface area contributed by atoms with E-state index < -0.39 is 23.9 Å². The van der Waals surface area contributed by atoms with Crippen molar-refractivity contribution in [3.8, 4) is 0 Å². The first-order valence-electron chi connectivity index (χ1n) is 6.01. The minimum atomic E-state index is -1.46. The van der Waals surface area contributed by atoms with Gasteiger partial charge in [-0.3, -0.25) is 4.79 Å². The van der Waals surface area contributed by atoms with E-state index in [4.69, 9.17) is 17.3 Å². The number of benzene rings is 1. The molecule has 1 amide bonds. The van der Waals surface area contributed by atoms with Crippen LogP contribution in [0.15, 0.2) is 18.2 Å². The summed E-state index contributed by atoms with van der Waals surface area (Å²) in [4.78, 5) is 34.6. The molecule has 114 valence electrons. The van der Waals surface area contributed by atoms with Gasteiger partial charge < -0.3 is 20.5 Å². The standard InChI is InChI=1S/C13H15ClN2O5/c1-3-21-13(19)10(15)11(17)16-7-4-5-9(14)8(6-7)12(18)20-2/h4-6,10H,3,15H2,1-2H3,(H,16,17). The molecular formula is C13H15ClN2O5. The quantitative estimate of drug-likeness (QED) is 0.619. The lowest BCUT2D eigenvalue weighted by Crippen LogP contribution is -2.43. The number of halogens is 1. The average molecular weight is 315 g/mol. The summed E-state index contributed by atoms with van der Waals surface area (Å²) in [6.45, 7) is 1.72. The minimum absolute atomic E-state index is 0.0849. The lowest BCUT2D eigenvalue weighted by Gasteiger charge is -2.12. The van der Waals surface area contributed by atoms with Crippen LogP contribution in [0.3, 0.4) is 0 Å². The van der Waals surface area contributed by atoms with Crippen LogP contribution in [-0.4, -0.2) is 37.6 Å². The maximum Gasteiger partial charge on any atom is 0.339 e. The van der Waals surface area contributed by atoms with Crippen LogP contribution in [0.5, 0.6) is 0 Å². The summed E-state index contributed by atoms with van der Waals surface area (Å²) in [5, 5.41) is 2.57. The van der Waals surface area contributed by atoms with Gasteiger partial charge >= 0.3 is 11.9 Å². The first kappa shape index (κ1) is 16.9. The predicted octanol–water partition coefficient (Wildman–Crippen LogP) is 0.956. The van der Waals surface area contributed by atoms with E-state index in [0.717, 1.165) is 0 Å². The van der Waals surface area contributed by atoms with Crippen LogP contribution in [0, 0.1) is 0 Å². The number of ether oxygens (including phenoxy) is 2. The van der Waals surface area contributed by atoms with Crippen LogP contribution in [0.4, 0.5) is 5.69 Å². The topological polar surface area (TPSA) is 108 Å². The third kappa shape index (κ3) is 4.44. The van der Waals surface area contributed by atoms with Gasteiger partial charge in [-0.15, -0.1) is 0 Å².